The fraction of sp³-hybridized carbons (Fsp3) is 0.385. The van der Waals surface area contributed by atoms with E-state index in [-0.39, 0.29) is 12.5 Å². The van der Waals surface area contributed by atoms with Gasteiger partial charge in [-0.25, -0.2) is 9.99 Å². The number of hydrogen-bond acceptors (Lipinski definition) is 4. The normalized spacial score (nSPS) is 11.2. The topological polar surface area (TPSA) is 70.2 Å². The number of nitrogens with zero attached hydrogens (tertiary/aromatic N) is 2. The van der Waals surface area contributed by atoms with Crippen molar-refractivity contribution in [2.45, 2.75) is 13.5 Å². The number of imidazole rings is 1. The summed E-state index contributed by atoms with van der Waals surface area (Å²) in [6, 6.07) is 5.88. The van der Waals surface area contributed by atoms with Crippen LogP contribution in [0.1, 0.15) is 11.4 Å². The zero-order valence-electron chi connectivity index (χ0n) is 11.4. The summed E-state index contributed by atoms with van der Waals surface area (Å²) < 4.78 is 5.37. The van der Waals surface area contributed by atoms with Gasteiger partial charge in [-0.05, 0) is 24.6 Å². The Morgan fingerprint density at radius 1 is 1.47 bits per heavy atom. The summed E-state index contributed by atoms with van der Waals surface area (Å²) in [6.45, 7) is 2.36. The third-order valence-electron chi connectivity index (χ3n) is 2.51. The number of nitrogens with one attached hydrogen (secondary N) is 2. The molecule has 6 nitrogen and oxygen atoms in total. The van der Waals surface area contributed by atoms with Crippen LogP contribution in [0.2, 0.25) is 0 Å². The first-order valence-electron chi connectivity index (χ1n) is 6.04. The monoisotopic (exact) mass is 262 g/mol. The molecule has 0 bridgehead atoms. The molecule has 0 saturated carbocycles. The number of hydrogen-bond donors (Lipinski definition) is 2. The van der Waals surface area contributed by atoms with Crippen molar-refractivity contribution in [2.24, 2.45) is 0 Å². The van der Waals surface area contributed by atoms with Gasteiger partial charge in [0.25, 0.3) is 5.91 Å². The van der Waals surface area contributed by atoms with Crippen molar-refractivity contribution in [3.05, 3.63) is 29.6 Å². The third kappa shape index (κ3) is 3.77. The van der Waals surface area contributed by atoms with Gasteiger partial charge in [-0.15, -0.1) is 0 Å². The van der Waals surface area contributed by atoms with Gasteiger partial charge in [0.05, 0.1) is 17.6 Å². The van der Waals surface area contributed by atoms with E-state index in [1.54, 1.807) is 19.1 Å². The number of fused-ring (bicyclic) bond motifs is 1. The van der Waals surface area contributed by atoms with Crippen LogP contribution in [0.5, 0.6) is 0 Å². The molecule has 0 aliphatic carbocycles. The van der Waals surface area contributed by atoms with Crippen LogP contribution in [0.15, 0.2) is 18.2 Å². The zero-order valence-corrected chi connectivity index (χ0v) is 11.4. The minimum atomic E-state index is -0.163. The van der Waals surface area contributed by atoms with Crippen molar-refractivity contribution in [3.63, 3.8) is 0 Å². The number of aryl methyl sites for hydroxylation is 1. The first-order chi connectivity index (χ1) is 9.04. The van der Waals surface area contributed by atoms with Gasteiger partial charge in [0.15, 0.2) is 0 Å². The molecule has 6 heteroatoms. The van der Waals surface area contributed by atoms with Gasteiger partial charge in [-0.1, -0.05) is 6.07 Å². The molecule has 19 heavy (non-hydrogen) atoms. The van der Waals surface area contributed by atoms with Gasteiger partial charge < -0.3 is 9.72 Å². The van der Waals surface area contributed by atoms with E-state index < -0.39 is 0 Å². The number of H-pyrrole nitrogens is 1. The van der Waals surface area contributed by atoms with E-state index >= 15 is 0 Å². The molecule has 0 radical (unpaired) electrons. The molecule has 0 unspecified atom stereocenters. The molecule has 0 aliphatic rings. The van der Waals surface area contributed by atoms with E-state index in [0.717, 1.165) is 22.4 Å². The Morgan fingerprint density at radius 2 is 2.26 bits per heavy atom. The van der Waals surface area contributed by atoms with E-state index in [1.807, 2.05) is 25.1 Å². The summed E-state index contributed by atoms with van der Waals surface area (Å²) in [5.74, 6) is 0.724. The summed E-state index contributed by atoms with van der Waals surface area (Å²) in [4.78, 5) is 18.9. The molecule has 0 saturated heterocycles. The maximum Gasteiger partial charge on any atom is 0.260 e. The highest BCUT2D eigenvalue weighted by molar-refractivity contribution is 5.77. The van der Waals surface area contributed by atoms with Crippen molar-refractivity contribution in [2.75, 3.05) is 20.7 Å². The molecule has 2 rings (SSSR count). The minimum Gasteiger partial charge on any atom is -0.367 e. The molecule has 2 N–H and O–H groups in total. The first kappa shape index (κ1) is 13.5. The van der Waals surface area contributed by atoms with Gasteiger partial charge in [-0.3, -0.25) is 10.2 Å². The fourth-order valence-electron chi connectivity index (χ4n) is 1.82. The Morgan fingerprint density at radius 3 is 3.00 bits per heavy atom. The predicted octanol–water partition coefficient (Wildman–Crippen LogP) is 0.981. The van der Waals surface area contributed by atoms with Crippen molar-refractivity contribution >= 4 is 16.9 Å². The third-order valence-corrected chi connectivity index (χ3v) is 2.51. The molecule has 0 spiro atoms. The van der Waals surface area contributed by atoms with Crippen molar-refractivity contribution < 1.29 is 9.53 Å². The van der Waals surface area contributed by atoms with Gasteiger partial charge >= 0.3 is 0 Å². The molecule has 1 heterocycles. The number of carbonyl (C=O) groups excluding carboxylic acids is 1. The average molecular weight is 262 g/mol. The van der Waals surface area contributed by atoms with Crippen molar-refractivity contribution in [3.8, 4) is 0 Å². The summed E-state index contributed by atoms with van der Waals surface area (Å²) >= 11 is 0. The Kier molecular flexibility index (Phi) is 4.13. The van der Waals surface area contributed by atoms with Crippen LogP contribution in [0.4, 0.5) is 0 Å². The number of benzene rings is 1. The Balaban J connectivity index is 1.89. The summed E-state index contributed by atoms with van der Waals surface area (Å²) in [5.41, 5.74) is 5.54. The molecule has 0 fully saturated rings. The molecule has 1 aromatic heterocycles. The zero-order chi connectivity index (χ0) is 13.8. The molecular formula is C13H18N4O2. The lowest BCUT2D eigenvalue weighted by molar-refractivity contribution is -0.129. The van der Waals surface area contributed by atoms with Crippen LogP contribution in [0, 0.1) is 6.92 Å². The van der Waals surface area contributed by atoms with Gasteiger partial charge in [-0.2, -0.15) is 0 Å². The molecule has 2 aromatic rings. The Labute approximate surface area is 111 Å². The molecule has 1 amide bonds. The number of rotatable bonds is 5. The molecular weight excluding hydrogens is 244 g/mol. The number of carbonyl (C=O) groups is 1. The lowest BCUT2D eigenvalue weighted by Gasteiger charge is -2.11. The SMILES string of the molecule is Cc1nc2ccc(COCC(=O)NN(C)C)cc2[nH]1. The van der Waals surface area contributed by atoms with Crippen LogP contribution >= 0.6 is 0 Å². The Bertz CT molecular complexity index is 577. The van der Waals surface area contributed by atoms with Crippen LogP contribution in [0.3, 0.4) is 0 Å². The highest BCUT2D eigenvalue weighted by Crippen LogP contribution is 2.14. The van der Waals surface area contributed by atoms with E-state index in [2.05, 4.69) is 15.4 Å². The van der Waals surface area contributed by atoms with Gasteiger partial charge in [0, 0.05) is 14.1 Å². The number of aromatic nitrogens is 2. The maximum absolute atomic E-state index is 11.4. The van der Waals surface area contributed by atoms with E-state index in [9.17, 15) is 4.79 Å². The summed E-state index contributed by atoms with van der Waals surface area (Å²) in [7, 11) is 3.51. The van der Waals surface area contributed by atoms with E-state index in [4.69, 9.17) is 4.74 Å². The fourth-order valence-corrected chi connectivity index (χ4v) is 1.82. The number of ether oxygens (including phenoxy) is 1. The lowest BCUT2D eigenvalue weighted by atomic mass is 10.2. The largest absolute Gasteiger partial charge is 0.367 e. The van der Waals surface area contributed by atoms with Crippen LogP contribution in [0.25, 0.3) is 11.0 Å². The smallest absolute Gasteiger partial charge is 0.260 e. The summed E-state index contributed by atoms with van der Waals surface area (Å²) in [5, 5.41) is 1.59. The Hall–Kier alpha value is -1.92. The highest BCUT2D eigenvalue weighted by Gasteiger charge is 2.04. The molecule has 0 atom stereocenters. The number of aromatic amines is 1. The highest BCUT2D eigenvalue weighted by atomic mass is 16.5. The average Bonchev–Trinajstić information content (AvgIpc) is 2.67. The minimum absolute atomic E-state index is 0.0399. The lowest BCUT2D eigenvalue weighted by Crippen LogP contribution is -2.38. The number of hydrazine groups is 1. The van der Waals surface area contributed by atoms with Gasteiger partial charge in [0.1, 0.15) is 12.4 Å². The molecule has 102 valence electrons. The predicted molar refractivity (Wildman–Crippen MR) is 72.3 cm³/mol. The second-order valence-electron chi connectivity index (χ2n) is 4.60. The maximum atomic E-state index is 11.4. The van der Waals surface area contributed by atoms with E-state index in [0.29, 0.717) is 6.61 Å². The van der Waals surface area contributed by atoms with Crippen LogP contribution in [-0.4, -0.2) is 41.6 Å². The molecule has 1 aromatic carbocycles. The summed E-state index contributed by atoms with van der Waals surface area (Å²) in [6.07, 6.45) is 0. The van der Waals surface area contributed by atoms with Crippen LogP contribution in [-0.2, 0) is 16.1 Å². The van der Waals surface area contributed by atoms with Gasteiger partial charge in [0.2, 0.25) is 0 Å². The standard InChI is InChI=1S/C13H18N4O2/c1-9-14-11-5-4-10(6-12(11)15-9)7-19-8-13(18)16-17(2)3/h4-6H,7-8H2,1-3H3,(H,14,15)(H,16,18). The number of amides is 1. The van der Waals surface area contributed by atoms with Crippen molar-refractivity contribution in [1.29, 1.82) is 0 Å². The van der Waals surface area contributed by atoms with E-state index in [1.165, 1.54) is 0 Å². The second kappa shape index (κ2) is 5.81. The van der Waals surface area contributed by atoms with Crippen molar-refractivity contribution in [1.82, 2.24) is 20.4 Å². The second-order valence-corrected chi connectivity index (χ2v) is 4.60. The molecule has 0 aliphatic heterocycles. The first-order valence-corrected chi connectivity index (χ1v) is 6.04. The van der Waals surface area contributed by atoms with Crippen LogP contribution < -0.4 is 5.43 Å². The quantitative estimate of drug-likeness (QED) is 0.788.